The number of aromatic nitrogens is 1. The van der Waals surface area contributed by atoms with Crippen LogP contribution in [0.1, 0.15) is 33.4 Å². The number of methoxy groups -OCH3 is 2. The van der Waals surface area contributed by atoms with Crippen molar-refractivity contribution in [3.8, 4) is 11.5 Å². The van der Waals surface area contributed by atoms with Gasteiger partial charge in [-0.3, -0.25) is 14.6 Å². The van der Waals surface area contributed by atoms with Gasteiger partial charge in [-0.1, -0.05) is 17.7 Å². The highest BCUT2D eigenvalue weighted by Gasteiger charge is 2.43. The summed E-state index contributed by atoms with van der Waals surface area (Å²) in [5.41, 5.74) is 1.83. The second-order valence-electron chi connectivity index (χ2n) is 7.54. The third kappa shape index (κ3) is 4.09. The van der Waals surface area contributed by atoms with Gasteiger partial charge in [-0.05, 0) is 47.5 Å². The number of halogens is 2. The van der Waals surface area contributed by atoms with Crippen molar-refractivity contribution in [1.29, 1.82) is 0 Å². The maximum atomic E-state index is 13.6. The topological polar surface area (TPSA) is 80.8 Å². The zero-order valence-corrected chi connectivity index (χ0v) is 18.9. The first kappa shape index (κ1) is 22.5. The smallest absolute Gasteiger partial charge is 0.254 e. The molecule has 0 radical (unpaired) electrons. The van der Waals surface area contributed by atoms with E-state index in [9.17, 15) is 14.0 Å². The maximum absolute atomic E-state index is 13.6. The fourth-order valence-corrected chi connectivity index (χ4v) is 4.27. The van der Waals surface area contributed by atoms with E-state index in [1.807, 2.05) is 6.07 Å². The molecule has 0 spiro atoms. The van der Waals surface area contributed by atoms with Gasteiger partial charge in [0.05, 0.1) is 31.2 Å². The van der Waals surface area contributed by atoms with E-state index in [4.69, 9.17) is 21.1 Å². The highest BCUT2D eigenvalue weighted by atomic mass is 35.5. The molecule has 9 heteroatoms. The summed E-state index contributed by atoms with van der Waals surface area (Å²) in [6, 6.07) is 10.1. The Labute approximate surface area is 195 Å². The molecule has 1 aliphatic heterocycles. The lowest BCUT2D eigenvalue weighted by Gasteiger charge is -2.39. The number of hydrogen-bond donors (Lipinski definition) is 1. The molecule has 2 heterocycles. The van der Waals surface area contributed by atoms with Crippen LogP contribution in [0.4, 0.5) is 10.1 Å². The van der Waals surface area contributed by atoms with Crippen LogP contribution in [0.5, 0.6) is 11.5 Å². The van der Waals surface area contributed by atoms with E-state index in [2.05, 4.69) is 10.3 Å². The molecule has 0 fully saturated rings. The van der Waals surface area contributed by atoms with Gasteiger partial charge in [-0.2, -0.15) is 0 Å². The van der Waals surface area contributed by atoms with E-state index in [-0.39, 0.29) is 10.9 Å². The standard InChI is InChI=1S/C24H21ClFN3O4/c1-29-22(13-5-4-8-27-12-13)21(23(30)28-14-6-7-18(26)17(25)9-14)15-10-19(32-2)20(33-3)11-16(15)24(29)31/h4-12,21-22H,1-3H3,(H,28,30). The molecule has 3 aromatic rings. The largest absolute Gasteiger partial charge is 0.493 e. The minimum atomic E-state index is -0.824. The lowest BCUT2D eigenvalue weighted by molar-refractivity contribution is -0.119. The summed E-state index contributed by atoms with van der Waals surface area (Å²) in [5, 5.41) is 2.69. The Bertz CT molecular complexity index is 1220. The number of likely N-dealkylation sites (N-methyl/N-ethyl adjacent to an activating group) is 1. The van der Waals surface area contributed by atoms with Crippen molar-refractivity contribution in [3.63, 3.8) is 0 Å². The molecule has 1 aliphatic rings. The van der Waals surface area contributed by atoms with Crippen molar-refractivity contribution >= 4 is 29.1 Å². The predicted octanol–water partition coefficient (Wildman–Crippen LogP) is 4.44. The molecular weight excluding hydrogens is 449 g/mol. The minimum absolute atomic E-state index is 0.112. The molecular formula is C24H21ClFN3O4. The van der Waals surface area contributed by atoms with E-state index in [1.54, 1.807) is 37.6 Å². The Morgan fingerprint density at radius 2 is 1.88 bits per heavy atom. The first-order valence-corrected chi connectivity index (χ1v) is 10.4. The molecule has 0 saturated heterocycles. The van der Waals surface area contributed by atoms with Crippen LogP contribution in [-0.2, 0) is 4.79 Å². The monoisotopic (exact) mass is 469 g/mol. The number of carbonyl (C=O) groups excluding carboxylic acids is 2. The van der Waals surface area contributed by atoms with Crippen LogP contribution in [0.25, 0.3) is 0 Å². The number of hydrogen-bond acceptors (Lipinski definition) is 5. The second kappa shape index (κ2) is 9.07. The summed E-state index contributed by atoms with van der Waals surface area (Å²) in [4.78, 5) is 32.6. The van der Waals surface area contributed by atoms with Crippen LogP contribution >= 0.6 is 11.6 Å². The molecule has 4 rings (SSSR count). The fraction of sp³-hybridized carbons (Fsp3) is 0.208. The zero-order chi connectivity index (χ0) is 23.7. The number of anilines is 1. The molecule has 2 aromatic carbocycles. The summed E-state index contributed by atoms with van der Waals surface area (Å²) >= 11 is 5.89. The van der Waals surface area contributed by atoms with Gasteiger partial charge in [-0.15, -0.1) is 0 Å². The number of benzene rings is 2. The van der Waals surface area contributed by atoms with Gasteiger partial charge in [0.25, 0.3) is 5.91 Å². The molecule has 0 saturated carbocycles. The van der Waals surface area contributed by atoms with Crippen LogP contribution in [0, 0.1) is 5.82 Å². The lowest BCUT2D eigenvalue weighted by Crippen LogP contribution is -2.44. The molecule has 1 aromatic heterocycles. The average molecular weight is 470 g/mol. The molecule has 7 nitrogen and oxygen atoms in total. The highest BCUT2D eigenvalue weighted by molar-refractivity contribution is 6.31. The summed E-state index contributed by atoms with van der Waals surface area (Å²) in [6.07, 6.45) is 3.24. The Hall–Kier alpha value is -3.65. The molecule has 170 valence electrons. The van der Waals surface area contributed by atoms with Crippen LogP contribution < -0.4 is 14.8 Å². The van der Waals surface area contributed by atoms with Gasteiger partial charge in [0, 0.05) is 30.7 Å². The van der Waals surface area contributed by atoms with E-state index < -0.39 is 23.7 Å². The number of pyridine rings is 1. The van der Waals surface area contributed by atoms with Gasteiger partial charge in [0.15, 0.2) is 11.5 Å². The number of nitrogens with zero attached hydrogens (tertiary/aromatic N) is 2. The van der Waals surface area contributed by atoms with E-state index >= 15 is 0 Å². The van der Waals surface area contributed by atoms with E-state index in [0.717, 1.165) is 0 Å². The molecule has 2 atom stereocenters. The molecule has 0 bridgehead atoms. The van der Waals surface area contributed by atoms with Gasteiger partial charge in [0.2, 0.25) is 5.91 Å². The number of rotatable bonds is 5. The number of nitrogens with one attached hydrogen (secondary N) is 1. The molecule has 33 heavy (non-hydrogen) atoms. The number of fused-ring (bicyclic) bond motifs is 1. The zero-order valence-electron chi connectivity index (χ0n) is 18.1. The minimum Gasteiger partial charge on any atom is -0.493 e. The quantitative estimate of drug-likeness (QED) is 0.597. The van der Waals surface area contributed by atoms with Crippen LogP contribution in [0.3, 0.4) is 0 Å². The van der Waals surface area contributed by atoms with Crippen LogP contribution in [0.2, 0.25) is 5.02 Å². The highest BCUT2D eigenvalue weighted by Crippen LogP contribution is 2.45. The first-order valence-electron chi connectivity index (χ1n) is 10.0. The van der Waals surface area contributed by atoms with Crippen molar-refractivity contribution in [2.75, 3.05) is 26.6 Å². The first-order chi connectivity index (χ1) is 15.8. The second-order valence-corrected chi connectivity index (χ2v) is 7.94. The summed E-state index contributed by atoms with van der Waals surface area (Å²) < 4.78 is 24.4. The van der Waals surface area contributed by atoms with Crippen molar-refractivity contribution in [1.82, 2.24) is 9.88 Å². The van der Waals surface area contributed by atoms with Crippen LogP contribution in [-0.4, -0.2) is 43.0 Å². The van der Waals surface area contributed by atoms with Crippen LogP contribution in [0.15, 0.2) is 54.9 Å². The Morgan fingerprint density at radius 3 is 2.52 bits per heavy atom. The molecule has 2 unspecified atom stereocenters. The summed E-state index contributed by atoms with van der Waals surface area (Å²) in [7, 11) is 4.59. The third-order valence-corrected chi connectivity index (χ3v) is 5.96. The summed E-state index contributed by atoms with van der Waals surface area (Å²) in [5.74, 6) is -1.32. The Balaban J connectivity index is 1.87. The van der Waals surface area contributed by atoms with Gasteiger partial charge in [0.1, 0.15) is 5.82 Å². The Kier molecular flexibility index (Phi) is 6.20. The number of amides is 2. The summed E-state index contributed by atoms with van der Waals surface area (Å²) in [6.45, 7) is 0. The van der Waals surface area contributed by atoms with E-state index in [1.165, 1.54) is 37.3 Å². The maximum Gasteiger partial charge on any atom is 0.254 e. The van der Waals surface area contributed by atoms with Crippen molar-refractivity contribution in [3.05, 3.63) is 82.4 Å². The molecule has 0 aliphatic carbocycles. The molecule has 1 N–H and O–H groups in total. The van der Waals surface area contributed by atoms with Gasteiger partial charge < -0.3 is 19.7 Å². The predicted molar refractivity (Wildman–Crippen MR) is 121 cm³/mol. The van der Waals surface area contributed by atoms with Crippen molar-refractivity contribution < 1.29 is 23.5 Å². The third-order valence-electron chi connectivity index (χ3n) is 5.67. The van der Waals surface area contributed by atoms with Crippen molar-refractivity contribution in [2.45, 2.75) is 12.0 Å². The molecule has 2 amide bonds. The average Bonchev–Trinajstić information content (AvgIpc) is 2.83. The normalized spacial score (nSPS) is 17.4. The van der Waals surface area contributed by atoms with Gasteiger partial charge in [-0.25, -0.2) is 4.39 Å². The van der Waals surface area contributed by atoms with Gasteiger partial charge >= 0.3 is 0 Å². The lowest BCUT2D eigenvalue weighted by atomic mass is 9.79. The fourth-order valence-electron chi connectivity index (χ4n) is 4.09. The Morgan fingerprint density at radius 1 is 1.15 bits per heavy atom. The number of carbonyl (C=O) groups is 2. The number of ether oxygens (including phenoxy) is 2. The van der Waals surface area contributed by atoms with Crippen molar-refractivity contribution in [2.24, 2.45) is 0 Å². The SMILES string of the molecule is COc1cc2c(cc1OC)C(C(=O)Nc1ccc(F)c(Cl)c1)C(c1cccnc1)N(C)C2=O. The van der Waals surface area contributed by atoms with E-state index in [0.29, 0.717) is 33.9 Å².